The molecule has 4 N–H and O–H groups in total. The predicted octanol–water partition coefficient (Wildman–Crippen LogP) is 10.0. The Bertz CT molecular complexity index is 3120. The van der Waals surface area contributed by atoms with E-state index in [4.69, 9.17) is 21.1 Å². The third kappa shape index (κ3) is 10.7. The van der Waals surface area contributed by atoms with Crippen LogP contribution in [0.2, 0.25) is 5.02 Å². The van der Waals surface area contributed by atoms with Crippen molar-refractivity contribution in [1.29, 1.82) is 0 Å². The molecule has 1 atom stereocenters. The minimum Gasteiger partial charge on any atom is -0.497 e. The van der Waals surface area contributed by atoms with Crippen LogP contribution in [-0.4, -0.2) is 102 Å². The number of aliphatic hydroxyl groups is 1. The summed E-state index contributed by atoms with van der Waals surface area (Å²) < 4.78 is 41.6. The first kappa shape index (κ1) is 50.3. The van der Waals surface area contributed by atoms with Crippen molar-refractivity contribution in [3.8, 4) is 17.2 Å². The molecule has 10 rings (SSSR count). The number of benzene rings is 4. The van der Waals surface area contributed by atoms with Gasteiger partial charge in [0.25, 0.3) is 21.6 Å². The number of piperazine rings is 1. The summed E-state index contributed by atoms with van der Waals surface area (Å²) in [5.74, 6) is 0.838. The highest BCUT2D eigenvalue weighted by Gasteiger charge is 2.55. The number of sulfonamides is 1. The number of fused-ring (bicyclic) bond motifs is 1. The third-order valence-corrected chi connectivity index (χ3v) is 17.3. The van der Waals surface area contributed by atoms with E-state index in [9.17, 15) is 28.4 Å². The second-order valence-corrected chi connectivity index (χ2v) is 23.3. The van der Waals surface area contributed by atoms with Crippen LogP contribution in [0.1, 0.15) is 98.3 Å². The van der Waals surface area contributed by atoms with Gasteiger partial charge in [0.15, 0.2) is 0 Å². The first-order valence-corrected chi connectivity index (χ1v) is 27.0. The SMILES string of the molecule is COc1ccc(CN2CCN(C3CC4(C3)CN(c3ccc(C(=O)NS(=O)(=O)c5ccc(NCC6CCC(C)(O)CC6)c([N+](=O)[O-])c5)c(Oc5cnc6[nH]cc(Cl)c6c5)c3)C4)C(c3ccccc3C(C)C)C2)cc1. The molecule has 4 aromatic carbocycles. The maximum atomic E-state index is 14.1. The van der Waals surface area contributed by atoms with E-state index in [1.165, 1.54) is 35.0 Å². The van der Waals surface area contributed by atoms with E-state index in [1.54, 1.807) is 37.6 Å². The molecule has 4 heterocycles. The maximum Gasteiger partial charge on any atom is 0.293 e. The average molecular weight is 1030 g/mol. The predicted molar refractivity (Wildman–Crippen MR) is 282 cm³/mol. The largest absolute Gasteiger partial charge is 0.497 e. The van der Waals surface area contributed by atoms with Gasteiger partial charge in [0.1, 0.15) is 28.6 Å². The molecule has 2 aliphatic heterocycles. The van der Waals surface area contributed by atoms with Gasteiger partial charge in [-0.15, -0.1) is 0 Å². The van der Waals surface area contributed by atoms with Gasteiger partial charge in [-0.3, -0.25) is 24.7 Å². The van der Waals surface area contributed by atoms with Crippen LogP contribution in [-0.2, 0) is 16.6 Å². The van der Waals surface area contributed by atoms with E-state index in [1.807, 2.05) is 19.1 Å². The van der Waals surface area contributed by atoms with Gasteiger partial charge in [0.05, 0.1) is 39.3 Å². The van der Waals surface area contributed by atoms with Crippen LogP contribution in [0.25, 0.3) is 11.0 Å². The van der Waals surface area contributed by atoms with Gasteiger partial charge in [0.2, 0.25) is 0 Å². The fourth-order valence-electron chi connectivity index (χ4n) is 11.5. The van der Waals surface area contributed by atoms with Crippen LogP contribution in [0, 0.1) is 21.4 Å². The molecule has 0 radical (unpaired) electrons. The van der Waals surface area contributed by atoms with Crippen LogP contribution in [0.3, 0.4) is 0 Å². The molecule has 2 aromatic heterocycles. The van der Waals surface area contributed by atoms with Crippen LogP contribution < -0.4 is 24.4 Å². The number of carbonyl (C=O) groups excluding carboxylic acids is 1. The maximum absolute atomic E-state index is 14.1. The number of aromatic amines is 1. The summed E-state index contributed by atoms with van der Waals surface area (Å²) >= 11 is 6.44. The zero-order chi connectivity index (χ0) is 51.2. The molecule has 4 aliphatic rings. The number of nitro groups is 1. The zero-order valence-electron chi connectivity index (χ0n) is 41.6. The zero-order valence-corrected chi connectivity index (χ0v) is 43.2. The molecule has 4 fully saturated rings. The second-order valence-electron chi connectivity index (χ2n) is 21.2. The number of aromatic nitrogens is 2. The Morgan fingerprint density at radius 1 is 1.00 bits per heavy atom. The first-order chi connectivity index (χ1) is 34.9. The lowest BCUT2D eigenvalue weighted by atomic mass is 9.59. The summed E-state index contributed by atoms with van der Waals surface area (Å²) in [4.78, 5) is 40.3. The monoisotopic (exact) mass is 1030 g/mol. The number of anilines is 2. The molecule has 73 heavy (non-hydrogen) atoms. The molecule has 1 unspecified atom stereocenters. The van der Waals surface area contributed by atoms with Crippen molar-refractivity contribution in [2.24, 2.45) is 11.3 Å². The number of ether oxygens (including phenoxy) is 2. The molecule has 16 nitrogen and oxygen atoms in total. The van der Waals surface area contributed by atoms with E-state index < -0.39 is 37.0 Å². The van der Waals surface area contributed by atoms with E-state index >= 15 is 0 Å². The summed E-state index contributed by atoms with van der Waals surface area (Å²) in [6.45, 7) is 12.2. The lowest BCUT2D eigenvalue weighted by Crippen LogP contribution is -2.68. The summed E-state index contributed by atoms with van der Waals surface area (Å²) in [6, 6.07) is 28.3. The molecule has 1 spiro atoms. The van der Waals surface area contributed by atoms with Crippen molar-refractivity contribution >= 4 is 55.6 Å². The van der Waals surface area contributed by atoms with E-state index in [0.717, 1.165) is 82.5 Å². The smallest absolute Gasteiger partial charge is 0.293 e. The number of amides is 1. The highest BCUT2D eigenvalue weighted by molar-refractivity contribution is 7.90. The fourth-order valence-corrected chi connectivity index (χ4v) is 12.7. The van der Waals surface area contributed by atoms with Crippen molar-refractivity contribution in [2.45, 2.75) is 94.3 Å². The highest BCUT2D eigenvalue weighted by Crippen LogP contribution is 2.54. The number of rotatable bonds is 16. The molecule has 2 aliphatic carbocycles. The van der Waals surface area contributed by atoms with Crippen molar-refractivity contribution in [2.75, 3.05) is 56.6 Å². The lowest BCUT2D eigenvalue weighted by Gasteiger charge is -2.63. The van der Waals surface area contributed by atoms with Crippen molar-refractivity contribution in [3.05, 3.63) is 141 Å². The number of hydrogen-bond acceptors (Lipinski definition) is 13. The molecule has 0 bridgehead atoms. The number of H-pyrrole nitrogens is 1. The van der Waals surface area contributed by atoms with Gasteiger partial charge in [-0.1, -0.05) is 61.8 Å². The van der Waals surface area contributed by atoms with Crippen molar-refractivity contribution < 1.29 is 32.7 Å². The Kier molecular flexibility index (Phi) is 13.9. The second kappa shape index (κ2) is 20.2. The number of carbonyl (C=O) groups is 1. The molecule has 18 heteroatoms. The molecule has 2 saturated carbocycles. The van der Waals surface area contributed by atoms with Gasteiger partial charge in [-0.25, -0.2) is 18.1 Å². The number of pyridine rings is 1. The minimum absolute atomic E-state index is 0.0652. The normalized spacial score (nSPS) is 21.4. The lowest BCUT2D eigenvalue weighted by molar-refractivity contribution is -0.384. The number of nitro benzene ring substituents is 1. The molecule has 2 saturated heterocycles. The van der Waals surface area contributed by atoms with Crippen LogP contribution in [0.15, 0.2) is 108 Å². The van der Waals surface area contributed by atoms with Crippen LogP contribution >= 0.6 is 11.6 Å². The van der Waals surface area contributed by atoms with Gasteiger partial charge >= 0.3 is 0 Å². The molecule has 384 valence electrons. The Morgan fingerprint density at radius 3 is 2.48 bits per heavy atom. The molecule has 6 aromatic rings. The molecular formula is C55H63ClN8O8S. The highest BCUT2D eigenvalue weighted by atomic mass is 35.5. The quantitative estimate of drug-likeness (QED) is 0.0529. The van der Waals surface area contributed by atoms with Gasteiger partial charge < -0.3 is 29.8 Å². The summed E-state index contributed by atoms with van der Waals surface area (Å²) in [7, 11) is -2.92. The van der Waals surface area contributed by atoms with Crippen LogP contribution in [0.4, 0.5) is 17.1 Å². The van der Waals surface area contributed by atoms with Gasteiger partial charge in [-0.05, 0) is 116 Å². The number of hydrogen-bond donors (Lipinski definition) is 4. The van der Waals surface area contributed by atoms with Gasteiger partial charge in [0, 0.05) is 92.7 Å². The molecule has 1 amide bonds. The molecular weight excluding hydrogens is 968 g/mol. The number of nitrogens with zero attached hydrogens (tertiary/aromatic N) is 5. The number of halogens is 1. The Labute approximate surface area is 431 Å². The summed E-state index contributed by atoms with van der Waals surface area (Å²) in [6.07, 6.45) is 8.00. The number of nitrogens with one attached hydrogen (secondary N) is 3. The average Bonchev–Trinajstić information content (AvgIpc) is 3.72. The first-order valence-electron chi connectivity index (χ1n) is 25.2. The topological polar surface area (TPSA) is 195 Å². The van der Waals surface area contributed by atoms with Crippen molar-refractivity contribution in [3.63, 3.8) is 0 Å². The summed E-state index contributed by atoms with van der Waals surface area (Å²) in [5.41, 5.74) is 4.48. The van der Waals surface area contributed by atoms with Crippen LogP contribution in [0.5, 0.6) is 17.2 Å². The Morgan fingerprint density at radius 2 is 1.75 bits per heavy atom. The Hall–Kier alpha value is -6.24. The standard InChI is InChI=1S/C55H63ClN8O8S/c1-35(2)43-7-5-6-8-44(43)50-32-61(31-37-9-12-40(71-4)13-10-37)21-22-63(50)39-26-55(27-39)33-62(34-55)38-11-15-45(51(23-38)72-41-24-46-47(56)30-59-52(46)58-29-41)53(65)60-73(69,70)42-14-16-48(49(25-42)64(67)68)57-28-36-17-19-54(3,66)20-18-36/h5-16,23-25,29-30,35-36,39,50,57,66H,17-22,26-28,31-34H2,1-4H3,(H,58,59)(H,60,65). The third-order valence-electron chi connectivity index (χ3n) is 15.6. The van der Waals surface area contributed by atoms with E-state index in [-0.39, 0.29) is 40.1 Å². The summed E-state index contributed by atoms with van der Waals surface area (Å²) in [5, 5.41) is 26.7. The van der Waals surface area contributed by atoms with E-state index in [0.29, 0.717) is 47.4 Å². The van der Waals surface area contributed by atoms with E-state index in [2.05, 4.69) is 85.0 Å². The minimum atomic E-state index is -4.61. The fraction of sp³-hybridized carbons (Fsp3) is 0.418. The van der Waals surface area contributed by atoms with Gasteiger partial charge in [-0.2, -0.15) is 0 Å². The Balaban J connectivity index is 0.847. The number of methoxy groups -OCH3 is 1. The van der Waals surface area contributed by atoms with Crippen molar-refractivity contribution in [1.82, 2.24) is 24.5 Å².